The highest BCUT2D eigenvalue weighted by Crippen LogP contribution is 2.20. The maximum absolute atomic E-state index is 10.7. The highest BCUT2D eigenvalue weighted by molar-refractivity contribution is 5.72. The molecule has 0 spiro atoms. The Balaban J connectivity index is 2.45. The van der Waals surface area contributed by atoms with Crippen LogP contribution in [-0.2, 0) is 4.79 Å². The summed E-state index contributed by atoms with van der Waals surface area (Å²) in [4.78, 5) is 10.7. The van der Waals surface area contributed by atoms with Crippen molar-refractivity contribution in [1.82, 2.24) is 5.32 Å². The first-order chi connectivity index (χ1) is 7.63. The lowest BCUT2D eigenvalue weighted by Gasteiger charge is -2.10. The number of amides is 1. The van der Waals surface area contributed by atoms with Gasteiger partial charge in [-0.25, -0.2) is 0 Å². The second-order valence-electron chi connectivity index (χ2n) is 3.59. The monoisotopic (exact) mass is 222 g/mol. The summed E-state index contributed by atoms with van der Waals surface area (Å²) in [5.74, 6) is 0.846. The lowest BCUT2D eigenvalue weighted by Crippen LogP contribution is -2.26. The molecular formula is C12H18N2O2. The standard InChI is InChI=1S/C12H18N2O2/c1-9-8-11(16-3)4-5-12(9)14-7-6-13-10(2)15/h4-5,8,14H,6-7H2,1-3H3,(H,13,15). The van der Waals surface area contributed by atoms with E-state index in [1.165, 1.54) is 6.92 Å². The van der Waals surface area contributed by atoms with Gasteiger partial charge in [0.1, 0.15) is 5.75 Å². The van der Waals surface area contributed by atoms with Gasteiger partial charge in [0.15, 0.2) is 0 Å². The molecule has 4 nitrogen and oxygen atoms in total. The second kappa shape index (κ2) is 6.00. The molecule has 0 heterocycles. The van der Waals surface area contributed by atoms with Crippen LogP contribution < -0.4 is 15.4 Å². The first-order valence-electron chi connectivity index (χ1n) is 5.26. The SMILES string of the molecule is COc1ccc(NCCNC(C)=O)c(C)c1. The minimum atomic E-state index is -0.00625. The molecule has 1 rings (SSSR count). The summed E-state index contributed by atoms with van der Waals surface area (Å²) in [6, 6.07) is 5.86. The van der Waals surface area contributed by atoms with Crippen LogP contribution in [0.3, 0.4) is 0 Å². The van der Waals surface area contributed by atoms with Gasteiger partial charge in [0.25, 0.3) is 0 Å². The van der Waals surface area contributed by atoms with Gasteiger partial charge in [-0.2, -0.15) is 0 Å². The van der Waals surface area contributed by atoms with E-state index in [-0.39, 0.29) is 5.91 Å². The zero-order valence-corrected chi connectivity index (χ0v) is 9.96. The molecule has 0 aliphatic heterocycles. The van der Waals surface area contributed by atoms with Gasteiger partial charge in [-0.1, -0.05) is 0 Å². The van der Waals surface area contributed by atoms with Crippen molar-refractivity contribution in [1.29, 1.82) is 0 Å². The summed E-state index contributed by atoms with van der Waals surface area (Å²) >= 11 is 0. The molecule has 0 atom stereocenters. The number of hydrogen-bond acceptors (Lipinski definition) is 3. The Morgan fingerprint density at radius 2 is 2.12 bits per heavy atom. The minimum Gasteiger partial charge on any atom is -0.497 e. The summed E-state index contributed by atoms with van der Waals surface area (Å²) < 4.78 is 5.12. The van der Waals surface area contributed by atoms with Crippen molar-refractivity contribution in [3.8, 4) is 5.75 Å². The third kappa shape index (κ3) is 3.81. The van der Waals surface area contributed by atoms with Crippen LogP contribution in [0.15, 0.2) is 18.2 Å². The molecule has 0 bridgehead atoms. The minimum absolute atomic E-state index is 0.00625. The largest absolute Gasteiger partial charge is 0.497 e. The van der Waals surface area contributed by atoms with Crippen molar-refractivity contribution < 1.29 is 9.53 Å². The molecule has 0 fully saturated rings. The number of aryl methyl sites for hydroxylation is 1. The zero-order chi connectivity index (χ0) is 12.0. The van der Waals surface area contributed by atoms with Crippen LogP contribution in [0.4, 0.5) is 5.69 Å². The van der Waals surface area contributed by atoms with E-state index in [1.807, 2.05) is 25.1 Å². The molecule has 0 aliphatic carbocycles. The van der Waals surface area contributed by atoms with Crippen molar-refractivity contribution in [2.45, 2.75) is 13.8 Å². The van der Waals surface area contributed by atoms with Crippen LogP contribution in [0, 0.1) is 6.92 Å². The Bertz CT molecular complexity index is 364. The number of carbonyl (C=O) groups excluding carboxylic acids is 1. The Hall–Kier alpha value is -1.71. The molecular weight excluding hydrogens is 204 g/mol. The number of benzene rings is 1. The first-order valence-corrected chi connectivity index (χ1v) is 5.26. The van der Waals surface area contributed by atoms with Gasteiger partial charge in [0.05, 0.1) is 7.11 Å². The molecule has 1 aromatic carbocycles. The van der Waals surface area contributed by atoms with Gasteiger partial charge in [0, 0.05) is 25.7 Å². The van der Waals surface area contributed by atoms with E-state index in [2.05, 4.69) is 10.6 Å². The van der Waals surface area contributed by atoms with E-state index < -0.39 is 0 Å². The number of ether oxygens (including phenoxy) is 1. The highest BCUT2D eigenvalue weighted by atomic mass is 16.5. The Kier molecular flexibility index (Phi) is 4.64. The second-order valence-corrected chi connectivity index (χ2v) is 3.59. The molecule has 0 aliphatic rings. The van der Waals surface area contributed by atoms with E-state index in [0.29, 0.717) is 13.1 Å². The molecule has 0 saturated heterocycles. The van der Waals surface area contributed by atoms with Crippen molar-refractivity contribution in [2.24, 2.45) is 0 Å². The van der Waals surface area contributed by atoms with Crippen LogP contribution in [0.1, 0.15) is 12.5 Å². The van der Waals surface area contributed by atoms with Crippen LogP contribution in [0.5, 0.6) is 5.75 Å². The number of nitrogens with one attached hydrogen (secondary N) is 2. The first kappa shape index (κ1) is 12.4. The Morgan fingerprint density at radius 3 is 2.69 bits per heavy atom. The van der Waals surface area contributed by atoms with Crippen molar-refractivity contribution in [3.05, 3.63) is 23.8 Å². The van der Waals surface area contributed by atoms with Crippen LogP contribution in [0.2, 0.25) is 0 Å². The predicted octanol–water partition coefficient (Wildman–Crippen LogP) is 1.55. The average Bonchev–Trinajstić information content (AvgIpc) is 2.25. The number of methoxy groups -OCH3 is 1. The summed E-state index contributed by atoms with van der Waals surface area (Å²) in [7, 11) is 1.65. The fourth-order valence-corrected chi connectivity index (χ4v) is 1.40. The molecule has 0 saturated carbocycles. The summed E-state index contributed by atoms with van der Waals surface area (Å²) in [6.45, 7) is 4.87. The maximum atomic E-state index is 10.7. The third-order valence-corrected chi connectivity index (χ3v) is 2.25. The smallest absolute Gasteiger partial charge is 0.216 e. The Labute approximate surface area is 96.0 Å². The van der Waals surface area contributed by atoms with Gasteiger partial charge >= 0.3 is 0 Å². The van der Waals surface area contributed by atoms with Gasteiger partial charge in [-0.05, 0) is 30.7 Å². The van der Waals surface area contributed by atoms with Gasteiger partial charge < -0.3 is 15.4 Å². The molecule has 16 heavy (non-hydrogen) atoms. The molecule has 2 N–H and O–H groups in total. The van der Waals surface area contributed by atoms with E-state index in [4.69, 9.17) is 4.74 Å². The normalized spacial score (nSPS) is 9.69. The van der Waals surface area contributed by atoms with Crippen LogP contribution in [0.25, 0.3) is 0 Å². The van der Waals surface area contributed by atoms with Gasteiger partial charge in [-0.15, -0.1) is 0 Å². The lowest BCUT2D eigenvalue weighted by atomic mass is 10.2. The lowest BCUT2D eigenvalue weighted by molar-refractivity contribution is -0.118. The predicted molar refractivity (Wildman–Crippen MR) is 64.9 cm³/mol. The molecule has 0 radical (unpaired) electrons. The van der Waals surface area contributed by atoms with Gasteiger partial charge in [0.2, 0.25) is 5.91 Å². The Morgan fingerprint density at radius 1 is 1.38 bits per heavy atom. The van der Waals surface area contributed by atoms with E-state index >= 15 is 0 Å². The number of hydrogen-bond donors (Lipinski definition) is 2. The quantitative estimate of drug-likeness (QED) is 0.743. The van der Waals surface area contributed by atoms with Crippen molar-refractivity contribution in [3.63, 3.8) is 0 Å². The maximum Gasteiger partial charge on any atom is 0.216 e. The molecule has 4 heteroatoms. The summed E-state index contributed by atoms with van der Waals surface area (Å²) in [6.07, 6.45) is 0. The highest BCUT2D eigenvalue weighted by Gasteiger charge is 1.99. The summed E-state index contributed by atoms with van der Waals surface area (Å²) in [5, 5.41) is 5.98. The van der Waals surface area contributed by atoms with E-state index in [1.54, 1.807) is 7.11 Å². The summed E-state index contributed by atoms with van der Waals surface area (Å²) in [5.41, 5.74) is 2.19. The number of anilines is 1. The molecule has 1 amide bonds. The van der Waals surface area contributed by atoms with Crippen LogP contribution in [-0.4, -0.2) is 26.1 Å². The molecule has 88 valence electrons. The van der Waals surface area contributed by atoms with Gasteiger partial charge in [-0.3, -0.25) is 4.79 Å². The molecule has 0 aromatic heterocycles. The number of rotatable bonds is 5. The average molecular weight is 222 g/mol. The van der Waals surface area contributed by atoms with E-state index in [9.17, 15) is 4.79 Å². The van der Waals surface area contributed by atoms with E-state index in [0.717, 1.165) is 17.0 Å². The zero-order valence-electron chi connectivity index (χ0n) is 9.96. The fraction of sp³-hybridized carbons (Fsp3) is 0.417. The topological polar surface area (TPSA) is 50.4 Å². The van der Waals surface area contributed by atoms with Crippen molar-refractivity contribution >= 4 is 11.6 Å². The third-order valence-electron chi connectivity index (χ3n) is 2.25. The number of carbonyl (C=O) groups is 1. The fourth-order valence-electron chi connectivity index (χ4n) is 1.40. The molecule has 0 unspecified atom stereocenters. The molecule has 1 aromatic rings. The van der Waals surface area contributed by atoms with Crippen LogP contribution >= 0.6 is 0 Å². The van der Waals surface area contributed by atoms with Crippen molar-refractivity contribution in [2.75, 3.05) is 25.5 Å².